The Kier molecular flexibility index (Phi) is 1.84. The van der Waals surface area contributed by atoms with Gasteiger partial charge < -0.3 is 5.73 Å². The number of nitrogens with zero attached hydrogens (tertiary/aromatic N) is 2. The van der Waals surface area contributed by atoms with Crippen LogP contribution in [0.4, 0.5) is 0 Å². The zero-order valence-electron chi connectivity index (χ0n) is 7.25. The van der Waals surface area contributed by atoms with E-state index in [1.165, 1.54) is 6.42 Å². The summed E-state index contributed by atoms with van der Waals surface area (Å²) in [7, 11) is 0. The molecule has 66 valence electrons. The van der Waals surface area contributed by atoms with Crippen LogP contribution in [0.15, 0.2) is 0 Å². The van der Waals surface area contributed by atoms with E-state index in [0.29, 0.717) is 12.5 Å². The van der Waals surface area contributed by atoms with Crippen molar-refractivity contribution in [1.82, 2.24) is 15.2 Å². The lowest BCUT2D eigenvalue weighted by atomic mass is 10.3. The van der Waals surface area contributed by atoms with Gasteiger partial charge in [0.05, 0.1) is 0 Å². The summed E-state index contributed by atoms with van der Waals surface area (Å²) in [5.41, 5.74) is 5.40. The zero-order chi connectivity index (χ0) is 8.55. The van der Waals surface area contributed by atoms with Crippen molar-refractivity contribution in [3.05, 3.63) is 11.6 Å². The SMILES string of the molecule is CC1CC1c1n[nH]c(CCN)n1. The smallest absolute Gasteiger partial charge is 0.154 e. The van der Waals surface area contributed by atoms with Gasteiger partial charge in [0.25, 0.3) is 0 Å². The highest BCUT2D eigenvalue weighted by atomic mass is 15.2. The van der Waals surface area contributed by atoms with Crippen LogP contribution in [0.3, 0.4) is 0 Å². The van der Waals surface area contributed by atoms with Gasteiger partial charge in [-0.3, -0.25) is 5.10 Å². The van der Waals surface area contributed by atoms with Crippen molar-refractivity contribution in [3.63, 3.8) is 0 Å². The summed E-state index contributed by atoms with van der Waals surface area (Å²) in [6, 6.07) is 0. The molecule has 4 heteroatoms. The lowest BCUT2D eigenvalue weighted by Crippen LogP contribution is -2.03. The van der Waals surface area contributed by atoms with Crippen molar-refractivity contribution in [2.45, 2.75) is 25.7 Å². The molecular weight excluding hydrogens is 152 g/mol. The second-order valence-corrected chi connectivity index (χ2v) is 3.50. The van der Waals surface area contributed by atoms with Gasteiger partial charge in [0.2, 0.25) is 0 Å². The van der Waals surface area contributed by atoms with E-state index in [0.717, 1.165) is 24.0 Å². The molecule has 1 aliphatic rings. The predicted molar refractivity (Wildman–Crippen MR) is 45.7 cm³/mol. The van der Waals surface area contributed by atoms with Gasteiger partial charge >= 0.3 is 0 Å². The highest BCUT2D eigenvalue weighted by Gasteiger charge is 2.37. The molecule has 0 aliphatic heterocycles. The molecule has 1 aromatic rings. The summed E-state index contributed by atoms with van der Waals surface area (Å²) in [6.45, 7) is 2.86. The predicted octanol–water partition coefficient (Wildman–Crippen LogP) is 0.429. The summed E-state index contributed by atoms with van der Waals surface area (Å²) in [6.07, 6.45) is 2.04. The zero-order valence-corrected chi connectivity index (χ0v) is 7.25. The average molecular weight is 166 g/mol. The van der Waals surface area contributed by atoms with Gasteiger partial charge in [-0.15, -0.1) is 0 Å². The summed E-state index contributed by atoms with van der Waals surface area (Å²) in [4.78, 5) is 4.37. The van der Waals surface area contributed by atoms with Crippen LogP contribution in [0, 0.1) is 5.92 Å². The fourth-order valence-electron chi connectivity index (χ4n) is 1.41. The Balaban J connectivity index is 2.04. The van der Waals surface area contributed by atoms with E-state index < -0.39 is 0 Å². The van der Waals surface area contributed by atoms with Gasteiger partial charge in [0, 0.05) is 12.3 Å². The largest absolute Gasteiger partial charge is 0.330 e. The summed E-state index contributed by atoms with van der Waals surface area (Å²) < 4.78 is 0. The third kappa shape index (κ3) is 1.34. The topological polar surface area (TPSA) is 67.6 Å². The third-order valence-corrected chi connectivity index (χ3v) is 2.37. The number of hydrogen-bond acceptors (Lipinski definition) is 3. The molecule has 2 unspecified atom stereocenters. The minimum Gasteiger partial charge on any atom is -0.330 e. The minimum absolute atomic E-state index is 0.604. The van der Waals surface area contributed by atoms with Gasteiger partial charge in [-0.05, 0) is 18.9 Å². The minimum atomic E-state index is 0.604. The van der Waals surface area contributed by atoms with Crippen LogP contribution in [0.25, 0.3) is 0 Å². The Morgan fingerprint density at radius 1 is 1.67 bits per heavy atom. The van der Waals surface area contributed by atoms with Crippen molar-refractivity contribution >= 4 is 0 Å². The molecule has 1 aromatic heterocycles. The maximum absolute atomic E-state index is 5.40. The van der Waals surface area contributed by atoms with Crippen LogP contribution in [0.1, 0.15) is 30.9 Å². The van der Waals surface area contributed by atoms with Gasteiger partial charge in [0.15, 0.2) is 5.82 Å². The van der Waals surface area contributed by atoms with Crippen molar-refractivity contribution in [2.75, 3.05) is 6.54 Å². The lowest BCUT2D eigenvalue weighted by Gasteiger charge is -1.87. The van der Waals surface area contributed by atoms with Gasteiger partial charge in [-0.1, -0.05) is 6.92 Å². The number of rotatable bonds is 3. The fourth-order valence-corrected chi connectivity index (χ4v) is 1.41. The third-order valence-electron chi connectivity index (χ3n) is 2.37. The van der Waals surface area contributed by atoms with Crippen LogP contribution in [0.5, 0.6) is 0 Å². The first kappa shape index (κ1) is 7.73. The summed E-state index contributed by atoms with van der Waals surface area (Å²) in [5, 5.41) is 7.06. The molecule has 0 amide bonds. The molecular formula is C8H14N4. The van der Waals surface area contributed by atoms with E-state index in [-0.39, 0.29) is 0 Å². The molecule has 4 nitrogen and oxygen atoms in total. The number of aromatic nitrogens is 3. The molecule has 0 aromatic carbocycles. The number of aromatic amines is 1. The van der Waals surface area contributed by atoms with Gasteiger partial charge in [-0.2, -0.15) is 5.10 Å². The number of nitrogens with one attached hydrogen (secondary N) is 1. The van der Waals surface area contributed by atoms with E-state index in [1.54, 1.807) is 0 Å². The molecule has 0 radical (unpaired) electrons. The summed E-state index contributed by atoms with van der Waals surface area (Å²) >= 11 is 0. The first-order valence-corrected chi connectivity index (χ1v) is 4.42. The molecule has 1 saturated carbocycles. The molecule has 1 fully saturated rings. The number of nitrogens with two attached hydrogens (primary N) is 1. The molecule has 0 spiro atoms. The van der Waals surface area contributed by atoms with E-state index in [2.05, 4.69) is 22.1 Å². The standard InChI is InChI=1S/C8H14N4/c1-5-4-6(5)8-10-7(2-3-9)11-12-8/h5-6H,2-4,9H2,1H3,(H,10,11,12). The maximum atomic E-state index is 5.40. The highest BCUT2D eigenvalue weighted by Crippen LogP contribution is 2.45. The van der Waals surface area contributed by atoms with E-state index in [9.17, 15) is 0 Å². The van der Waals surface area contributed by atoms with Crippen LogP contribution in [-0.4, -0.2) is 21.7 Å². The summed E-state index contributed by atoms with van der Waals surface area (Å²) in [5.74, 6) is 3.27. The van der Waals surface area contributed by atoms with Crippen LogP contribution in [-0.2, 0) is 6.42 Å². The number of hydrogen-bond donors (Lipinski definition) is 2. The van der Waals surface area contributed by atoms with Crippen LogP contribution < -0.4 is 5.73 Å². The van der Waals surface area contributed by atoms with Gasteiger partial charge in [-0.25, -0.2) is 4.98 Å². The molecule has 2 rings (SSSR count). The Morgan fingerprint density at radius 3 is 3.00 bits per heavy atom. The molecule has 0 saturated heterocycles. The molecule has 0 bridgehead atoms. The van der Waals surface area contributed by atoms with Crippen LogP contribution in [0.2, 0.25) is 0 Å². The van der Waals surface area contributed by atoms with Crippen molar-refractivity contribution in [2.24, 2.45) is 11.7 Å². The van der Waals surface area contributed by atoms with Crippen molar-refractivity contribution in [1.29, 1.82) is 0 Å². The molecule has 1 heterocycles. The second-order valence-electron chi connectivity index (χ2n) is 3.50. The van der Waals surface area contributed by atoms with E-state index in [1.807, 2.05) is 0 Å². The Morgan fingerprint density at radius 2 is 2.42 bits per heavy atom. The van der Waals surface area contributed by atoms with E-state index in [4.69, 9.17) is 5.73 Å². The fraction of sp³-hybridized carbons (Fsp3) is 0.750. The first-order chi connectivity index (χ1) is 5.81. The second kappa shape index (κ2) is 2.86. The maximum Gasteiger partial charge on any atom is 0.154 e. The Labute approximate surface area is 71.6 Å². The molecule has 12 heavy (non-hydrogen) atoms. The quantitative estimate of drug-likeness (QED) is 0.684. The number of H-pyrrole nitrogens is 1. The normalized spacial score (nSPS) is 27.5. The Hall–Kier alpha value is -0.900. The van der Waals surface area contributed by atoms with Crippen molar-refractivity contribution in [3.8, 4) is 0 Å². The lowest BCUT2D eigenvalue weighted by molar-refractivity contribution is 0.848. The molecule has 2 atom stereocenters. The van der Waals surface area contributed by atoms with Crippen LogP contribution >= 0.6 is 0 Å². The Bertz CT molecular complexity index is 268. The average Bonchev–Trinajstić information content (AvgIpc) is 2.62. The molecule has 1 aliphatic carbocycles. The van der Waals surface area contributed by atoms with Gasteiger partial charge in [0.1, 0.15) is 5.82 Å². The molecule has 3 N–H and O–H groups in total. The van der Waals surface area contributed by atoms with Crippen molar-refractivity contribution < 1.29 is 0 Å². The monoisotopic (exact) mass is 166 g/mol. The highest BCUT2D eigenvalue weighted by molar-refractivity contribution is 5.08. The first-order valence-electron chi connectivity index (χ1n) is 4.42. The van der Waals surface area contributed by atoms with E-state index >= 15 is 0 Å².